The molecule has 0 fully saturated rings. The molecular weight excluding hydrogens is 334 g/mol. The van der Waals surface area contributed by atoms with E-state index in [9.17, 15) is 4.79 Å². The van der Waals surface area contributed by atoms with Gasteiger partial charge in [-0.1, -0.05) is 83.6 Å². The van der Waals surface area contributed by atoms with Crippen LogP contribution in [0.2, 0.25) is 0 Å². The first kappa shape index (κ1) is 16.9. The average Bonchev–Trinajstić information content (AvgIpc) is 3.17. The Balaban J connectivity index is 1.69. The molecule has 0 aliphatic heterocycles. The summed E-state index contributed by atoms with van der Waals surface area (Å²) in [7, 11) is 0. The average molecular weight is 353 g/mol. The van der Waals surface area contributed by atoms with Crippen LogP contribution in [0.5, 0.6) is 0 Å². The second kappa shape index (κ2) is 7.38. The number of rotatable bonds is 5. The molecule has 27 heavy (non-hydrogen) atoms. The van der Waals surface area contributed by atoms with Crippen LogP contribution >= 0.6 is 0 Å². The lowest BCUT2D eigenvalue weighted by atomic mass is 9.95. The van der Waals surface area contributed by atoms with Crippen LogP contribution in [0.15, 0.2) is 85.1 Å². The molecule has 0 saturated carbocycles. The lowest BCUT2D eigenvalue weighted by Gasteiger charge is -2.08. The van der Waals surface area contributed by atoms with Gasteiger partial charge in [-0.3, -0.25) is 4.79 Å². The fraction of sp³-hybridized carbons (Fsp3) is 0.0870. The highest BCUT2D eigenvalue weighted by molar-refractivity contribution is 6.12. The zero-order valence-corrected chi connectivity index (χ0v) is 15.0. The highest BCUT2D eigenvalue weighted by Crippen LogP contribution is 2.25. The van der Waals surface area contributed by atoms with Crippen molar-refractivity contribution in [3.8, 4) is 11.3 Å². The highest BCUT2D eigenvalue weighted by atomic mass is 16.1. The van der Waals surface area contributed by atoms with Crippen LogP contribution in [0.1, 0.15) is 27.0 Å². The largest absolute Gasteiger partial charge is 0.289 e. The minimum Gasteiger partial charge on any atom is -0.289 e. The SMILES string of the molecule is Cc1ccc(-c2cn(Cc3ccccc3)nn2)c(C(=O)c2ccccc2)c1. The van der Waals surface area contributed by atoms with Crippen LogP contribution < -0.4 is 0 Å². The van der Waals surface area contributed by atoms with E-state index >= 15 is 0 Å². The van der Waals surface area contributed by atoms with Crippen molar-refractivity contribution < 1.29 is 4.79 Å². The van der Waals surface area contributed by atoms with Gasteiger partial charge in [0, 0.05) is 16.7 Å². The molecule has 132 valence electrons. The summed E-state index contributed by atoms with van der Waals surface area (Å²) in [6, 6.07) is 25.3. The number of hydrogen-bond donors (Lipinski definition) is 0. The number of nitrogens with zero attached hydrogens (tertiary/aromatic N) is 3. The van der Waals surface area contributed by atoms with Crippen LogP contribution in [0.4, 0.5) is 0 Å². The van der Waals surface area contributed by atoms with Crippen LogP contribution in [0.3, 0.4) is 0 Å². The molecule has 1 aromatic heterocycles. The summed E-state index contributed by atoms with van der Waals surface area (Å²) in [4.78, 5) is 13.0. The molecule has 0 atom stereocenters. The number of hydrogen-bond acceptors (Lipinski definition) is 3. The molecule has 0 amide bonds. The van der Waals surface area contributed by atoms with Crippen molar-refractivity contribution >= 4 is 5.78 Å². The number of aryl methyl sites for hydroxylation is 1. The Morgan fingerprint density at radius 3 is 2.37 bits per heavy atom. The second-order valence-corrected chi connectivity index (χ2v) is 6.53. The van der Waals surface area contributed by atoms with Crippen LogP contribution in [0.25, 0.3) is 11.3 Å². The van der Waals surface area contributed by atoms with Crippen molar-refractivity contribution in [2.75, 3.05) is 0 Å². The first-order chi connectivity index (χ1) is 13.2. The molecule has 0 bridgehead atoms. The molecule has 4 aromatic rings. The standard InChI is InChI=1S/C23H19N3O/c1-17-12-13-20(21(14-17)23(27)19-10-6-3-7-11-19)22-16-26(25-24-22)15-18-8-4-2-5-9-18/h2-14,16H,15H2,1H3. The Morgan fingerprint density at radius 2 is 1.63 bits per heavy atom. The zero-order valence-electron chi connectivity index (χ0n) is 15.0. The Bertz CT molecular complexity index is 1070. The third-order valence-corrected chi connectivity index (χ3v) is 4.46. The number of ketones is 1. The number of carbonyl (C=O) groups excluding carboxylic acids is 1. The summed E-state index contributed by atoms with van der Waals surface area (Å²) in [6.07, 6.45) is 1.89. The van der Waals surface area contributed by atoms with Gasteiger partial charge in [-0.2, -0.15) is 0 Å². The van der Waals surface area contributed by atoms with Gasteiger partial charge in [-0.25, -0.2) is 4.68 Å². The van der Waals surface area contributed by atoms with Gasteiger partial charge in [0.05, 0.1) is 12.7 Å². The van der Waals surface area contributed by atoms with E-state index in [1.165, 1.54) is 0 Å². The Labute approximate surface area is 158 Å². The van der Waals surface area contributed by atoms with E-state index in [1.54, 1.807) is 4.68 Å². The minimum atomic E-state index is -0.00749. The predicted molar refractivity (Wildman–Crippen MR) is 106 cm³/mol. The summed E-state index contributed by atoms with van der Waals surface area (Å²) in [6.45, 7) is 2.62. The Hall–Kier alpha value is -3.53. The van der Waals surface area contributed by atoms with Crippen molar-refractivity contribution in [2.45, 2.75) is 13.5 Å². The lowest BCUT2D eigenvalue weighted by molar-refractivity contribution is 0.103. The summed E-state index contributed by atoms with van der Waals surface area (Å²) in [5.41, 5.74) is 5.00. The molecule has 1 heterocycles. The van der Waals surface area contributed by atoms with Crippen molar-refractivity contribution in [1.29, 1.82) is 0 Å². The molecule has 0 N–H and O–H groups in total. The topological polar surface area (TPSA) is 47.8 Å². The minimum absolute atomic E-state index is 0.00749. The van der Waals surface area contributed by atoms with E-state index in [2.05, 4.69) is 22.4 Å². The van der Waals surface area contributed by atoms with E-state index in [-0.39, 0.29) is 5.78 Å². The molecule has 0 aliphatic carbocycles. The normalized spacial score (nSPS) is 10.7. The van der Waals surface area contributed by atoms with Gasteiger partial charge in [-0.15, -0.1) is 5.10 Å². The summed E-state index contributed by atoms with van der Waals surface area (Å²) in [5.74, 6) is -0.00749. The Morgan fingerprint density at radius 1 is 0.926 bits per heavy atom. The van der Waals surface area contributed by atoms with Gasteiger partial charge in [0.15, 0.2) is 5.78 Å². The molecular formula is C23H19N3O. The van der Waals surface area contributed by atoms with Crippen molar-refractivity contribution in [3.05, 3.63) is 107 Å². The second-order valence-electron chi connectivity index (χ2n) is 6.53. The summed E-state index contributed by atoms with van der Waals surface area (Å²) < 4.78 is 1.79. The fourth-order valence-electron chi connectivity index (χ4n) is 3.08. The summed E-state index contributed by atoms with van der Waals surface area (Å²) >= 11 is 0. The van der Waals surface area contributed by atoms with Gasteiger partial charge in [0.25, 0.3) is 0 Å². The van der Waals surface area contributed by atoms with Gasteiger partial charge >= 0.3 is 0 Å². The van der Waals surface area contributed by atoms with Crippen LogP contribution in [0, 0.1) is 6.92 Å². The number of benzene rings is 3. The van der Waals surface area contributed by atoms with Crippen molar-refractivity contribution in [3.63, 3.8) is 0 Å². The maximum Gasteiger partial charge on any atom is 0.193 e. The highest BCUT2D eigenvalue weighted by Gasteiger charge is 2.17. The van der Waals surface area contributed by atoms with Crippen molar-refractivity contribution in [2.24, 2.45) is 0 Å². The first-order valence-corrected chi connectivity index (χ1v) is 8.85. The molecule has 4 nitrogen and oxygen atoms in total. The van der Waals surface area contributed by atoms with Gasteiger partial charge in [0.1, 0.15) is 5.69 Å². The molecule has 0 spiro atoms. The number of aromatic nitrogens is 3. The van der Waals surface area contributed by atoms with E-state index in [0.717, 1.165) is 16.7 Å². The number of carbonyl (C=O) groups is 1. The maximum absolute atomic E-state index is 13.0. The lowest BCUT2D eigenvalue weighted by Crippen LogP contribution is -2.04. The zero-order chi connectivity index (χ0) is 18.6. The third kappa shape index (κ3) is 3.70. The van der Waals surface area contributed by atoms with Gasteiger partial charge < -0.3 is 0 Å². The van der Waals surface area contributed by atoms with Crippen LogP contribution in [-0.4, -0.2) is 20.8 Å². The fourth-order valence-corrected chi connectivity index (χ4v) is 3.08. The van der Waals surface area contributed by atoms with Crippen molar-refractivity contribution in [1.82, 2.24) is 15.0 Å². The first-order valence-electron chi connectivity index (χ1n) is 8.85. The van der Waals surface area contributed by atoms with Crippen LogP contribution in [-0.2, 0) is 6.54 Å². The van der Waals surface area contributed by atoms with E-state index in [4.69, 9.17) is 0 Å². The molecule has 3 aromatic carbocycles. The molecule has 0 aliphatic rings. The molecule has 0 radical (unpaired) electrons. The smallest absolute Gasteiger partial charge is 0.193 e. The van der Waals surface area contributed by atoms with E-state index < -0.39 is 0 Å². The van der Waals surface area contributed by atoms with E-state index in [0.29, 0.717) is 23.4 Å². The quantitative estimate of drug-likeness (QED) is 0.495. The molecule has 0 saturated heterocycles. The van der Waals surface area contributed by atoms with Gasteiger partial charge in [-0.05, 0) is 18.6 Å². The van der Waals surface area contributed by atoms with E-state index in [1.807, 2.05) is 79.9 Å². The monoisotopic (exact) mass is 353 g/mol. The molecule has 4 heteroatoms. The van der Waals surface area contributed by atoms with Gasteiger partial charge in [0.2, 0.25) is 0 Å². The molecule has 0 unspecified atom stereocenters. The maximum atomic E-state index is 13.0. The third-order valence-electron chi connectivity index (χ3n) is 4.46. The predicted octanol–water partition coefficient (Wildman–Crippen LogP) is 4.53. The summed E-state index contributed by atoms with van der Waals surface area (Å²) in [5, 5.41) is 8.55. The molecule has 4 rings (SSSR count). The Kier molecular flexibility index (Phi) is 4.62.